The Balaban J connectivity index is 1.69. The Morgan fingerprint density at radius 1 is 1.06 bits per heavy atom. The highest BCUT2D eigenvalue weighted by Gasteiger charge is 2.41. The molecule has 4 saturated heterocycles. The molecule has 4 aliphatic rings. The molecule has 4 unspecified atom stereocenters. The third kappa shape index (κ3) is 1.86. The minimum absolute atomic E-state index is 0.701. The predicted octanol–water partition coefficient (Wildman–Crippen LogP) is 2.37. The zero-order chi connectivity index (χ0) is 12.1. The second-order valence-electron chi connectivity index (χ2n) is 6.09. The number of halogens is 1. The zero-order valence-corrected chi connectivity index (χ0v) is 12.0. The van der Waals surface area contributed by atoms with Gasteiger partial charge in [0.1, 0.15) is 0 Å². The number of fused-ring (bicyclic) bond motifs is 1. The third-order valence-corrected chi connectivity index (χ3v) is 5.13. The van der Waals surface area contributed by atoms with E-state index in [1.807, 2.05) is 12.4 Å². The summed E-state index contributed by atoms with van der Waals surface area (Å²) in [6.45, 7) is 5.12. The summed E-state index contributed by atoms with van der Waals surface area (Å²) in [5, 5.41) is 0. The predicted molar refractivity (Wildman–Crippen MR) is 75.7 cm³/mol. The van der Waals surface area contributed by atoms with E-state index in [2.05, 4.69) is 36.8 Å². The molecule has 0 radical (unpaired) electrons. The highest BCUT2D eigenvalue weighted by molar-refractivity contribution is 9.10. The molecule has 1 aromatic rings. The van der Waals surface area contributed by atoms with Crippen molar-refractivity contribution in [2.45, 2.75) is 18.9 Å². The van der Waals surface area contributed by atoms with E-state index in [1.165, 1.54) is 44.7 Å². The first-order valence-electron chi connectivity index (χ1n) is 6.87. The van der Waals surface area contributed by atoms with E-state index < -0.39 is 0 Å². The van der Waals surface area contributed by atoms with Crippen LogP contribution in [0.2, 0.25) is 0 Å². The number of aromatic nitrogens is 1. The molecule has 4 heteroatoms. The molecule has 0 saturated carbocycles. The number of hydrogen-bond acceptors (Lipinski definition) is 3. The summed E-state index contributed by atoms with van der Waals surface area (Å²) in [7, 11) is 0. The van der Waals surface area contributed by atoms with Gasteiger partial charge in [-0.1, -0.05) is 0 Å². The molecule has 4 fully saturated rings. The Morgan fingerprint density at radius 3 is 2.78 bits per heavy atom. The number of piperidine rings is 2. The molecule has 4 atom stereocenters. The van der Waals surface area contributed by atoms with Gasteiger partial charge in [0.2, 0.25) is 0 Å². The number of rotatable bonds is 1. The van der Waals surface area contributed by atoms with Gasteiger partial charge in [0.15, 0.2) is 0 Å². The summed E-state index contributed by atoms with van der Waals surface area (Å²) in [5.41, 5.74) is 1.30. The Labute approximate surface area is 116 Å². The molecule has 3 nitrogen and oxygen atoms in total. The Bertz CT molecular complexity index is 450. The van der Waals surface area contributed by atoms with Gasteiger partial charge in [0.05, 0.1) is 11.9 Å². The molecule has 18 heavy (non-hydrogen) atoms. The van der Waals surface area contributed by atoms with Gasteiger partial charge in [-0.3, -0.25) is 4.98 Å². The normalized spacial score (nSPS) is 37.9. The van der Waals surface area contributed by atoms with E-state index in [9.17, 15) is 0 Å². The summed E-state index contributed by atoms with van der Waals surface area (Å²) in [6, 6.07) is 2.92. The maximum atomic E-state index is 4.33. The molecule has 5 heterocycles. The number of hydrogen-bond donors (Lipinski definition) is 0. The van der Waals surface area contributed by atoms with Crippen LogP contribution in [0.15, 0.2) is 22.9 Å². The molecule has 0 amide bonds. The Kier molecular flexibility index (Phi) is 2.62. The van der Waals surface area contributed by atoms with Crippen LogP contribution in [-0.2, 0) is 0 Å². The van der Waals surface area contributed by atoms with Crippen LogP contribution in [-0.4, -0.2) is 42.1 Å². The second kappa shape index (κ2) is 4.20. The van der Waals surface area contributed by atoms with Gasteiger partial charge in [-0.25, -0.2) is 0 Å². The van der Waals surface area contributed by atoms with Crippen LogP contribution in [0.1, 0.15) is 12.8 Å². The first kappa shape index (κ1) is 11.2. The zero-order valence-electron chi connectivity index (χ0n) is 10.4. The minimum atomic E-state index is 0.701. The van der Waals surface area contributed by atoms with Gasteiger partial charge in [-0.15, -0.1) is 0 Å². The van der Waals surface area contributed by atoms with E-state index in [4.69, 9.17) is 0 Å². The fraction of sp³-hybridized carbons (Fsp3) is 0.643. The van der Waals surface area contributed by atoms with Gasteiger partial charge in [0.25, 0.3) is 0 Å². The Hall–Kier alpha value is -0.610. The van der Waals surface area contributed by atoms with Gasteiger partial charge in [-0.05, 0) is 46.7 Å². The van der Waals surface area contributed by atoms with E-state index in [0.29, 0.717) is 6.04 Å². The average molecular weight is 308 g/mol. The summed E-state index contributed by atoms with van der Waals surface area (Å²) in [4.78, 5) is 9.62. The van der Waals surface area contributed by atoms with Crippen LogP contribution in [0, 0.1) is 11.8 Å². The van der Waals surface area contributed by atoms with Crippen LogP contribution in [0.25, 0.3) is 0 Å². The van der Waals surface area contributed by atoms with Crippen LogP contribution >= 0.6 is 15.9 Å². The lowest BCUT2D eigenvalue weighted by Gasteiger charge is -2.41. The quantitative estimate of drug-likeness (QED) is 0.794. The van der Waals surface area contributed by atoms with Crippen molar-refractivity contribution in [3.8, 4) is 0 Å². The van der Waals surface area contributed by atoms with Crippen LogP contribution < -0.4 is 4.90 Å². The summed E-state index contributed by atoms with van der Waals surface area (Å²) in [5.74, 6) is 1.79. The fourth-order valence-electron chi connectivity index (χ4n) is 4.16. The lowest BCUT2D eigenvalue weighted by Crippen LogP contribution is -2.49. The third-order valence-electron chi connectivity index (χ3n) is 4.69. The van der Waals surface area contributed by atoms with Crippen molar-refractivity contribution >= 4 is 21.6 Å². The van der Waals surface area contributed by atoms with Crippen molar-refractivity contribution in [3.63, 3.8) is 0 Å². The molecule has 5 rings (SSSR count). The smallest absolute Gasteiger partial charge is 0.0567 e. The number of pyridine rings is 1. The molecule has 4 bridgehead atoms. The molecular weight excluding hydrogens is 290 g/mol. The summed E-state index contributed by atoms with van der Waals surface area (Å²) < 4.78 is 1.09. The highest BCUT2D eigenvalue weighted by Crippen LogP contribution is 2.38. The minimum Gasteiger partial charge on any atom is -0.366 e. The van der Waals surface area contributed by atoms with Crippen molar-refractivity contribution in [2.24, 2.45) is 11.8 Å². The first-order chi connectivity index (χ1) is 8.78. The van der Waals surface area contributed by atoms with Crippen molar-refractivity contribution in [2.75, 3.05) is 31.1 Å². The molecule has 4 aliphatic heterocycles. The topological polar surface area (TPSA) is 19.4 Å². The van der Waals surface area contributed by atoms with Gasteiger partial charge in [-0.2, -0.15) is 0 Å². The first-order valence-corrected chi connectivity index (χ1v) is 7.67. The highest BCUT2D eigenvalue weighted by atomic mass is 79.9. The average Bonchev–Trinajstić information content (AvgIpc) is 2.53. The van der Waals surface area contributed by atoms with Gasteiger partial charge < -0.3 is 9.80 Å². The number of anilines is 1. The van der Waals surface area contributed by atoms with Gasteiger partial charge in [0, 0.05) is 42.9 Å². The lowest BCUT2D eigenvalue weighted by molar-refractivity contribution is 0.0980. The van der Waals surface area contributed by atoms with Crippen molar-refractivity contribution in [3.05, 3.63) is 22.9 Å². The molecule has 0 aromatic carbocycles. The molecule has 96 valence electrons. The van der Waals surface area contributed by atoms with E-state index in [-0.39, 0.29) is 0 Å². The molecule has 1 aromatic heterocycles. The summed E-state index contributed by atoms with van der Waals surface area (Å²) >= 11 is 3.54. The second-order valence-corrected chi connectivity index (χ2v) is 7.01. The standard InChI is InChI=1S/C14H18BrN3/c15-12-3-13(5-16-4-12)18-8-11-1-10-2-14(18)9-17(6-10)7-11/h3-5,10-11,14H,1-2,6-9H2. The van der Waals surface area contributed by atoms with Crippen molar-refractivity contribution < 1.29 is 0 Å². The molecule has 0 aliphatic carbocycles. The van der Waals surface area contributed by atoms with Crippen molar-refractivity contribution in [1.82, 2.24) is 9.88 Å². The molecule has 0 spiro atoms. The van der Waals surface area contributed by atoms with Crippen LogP contribution in [0.5, 0.6) is 0 Å². The largest absolute Gasteiger partial charge is 0.366 e. The number of nitrogens with zero attached hydrogens (tertiary/aromatic N) is 3. The van der Waals surface area contributed by atoms with E-state index in [1.54, 1.807) is 0 Å². The van der Waals surface area contributed by atoms with E-state index >= 15 is 0 Å². The van der Waals surface area contributed by atoms with Crippen LogP contribution in [0.3, 0.4) is 0 Å². The fourth-order valence-corrected chi connectivity index (χ4v) is 4.51. The molecule has 0 N–H and O–H groups in total. The lowest BCUT2D eigenvalue weighted by atomic mass is 9.84. The summed E-state index contributed by atoms with van der Waals surface area (Å²) in [6.07, 6.45) is 6.70. The van der Waals surface area contributed by atoms with Gasteiger partial charge >= 0.3 is 0 Å². The molecular formula is C14H18BrN3. The maximum absolute atomic E-state index is 4.33. The van der Waals surface area contributed by atoms with Crippen LogP contribution in [0.4, 0.5) is 5.69 Å². The SMILES string of the molecule is Brc1cncc(N2CC3CC4CC2CN(C4)C3)c1. The monoisotopic (exact) mass is 307 g/mol. The van der Waals surface area contributed by atoms with E-state index in [0.717, 1.165) is 16.3 Å². The Morgan fingerprint density at radius 2 is 1.94 bits per heavy atom. The maximum Gasteiger partial charge on any atom is 0.0567 e. The van der Waals surface area contributed by atoms with Crippen molar-refractivity contribution in [1.29, 1.82) is 0 Å².